The third kappa shape index (κ3) is 1.73. The van der Waals surface area contributed by atoms with Crippen molar-refractivity contribution in [2.45, 2.75) is 6.54 Å². The predicted octanol–water partition coefficient (Wildman–Crippen LogP) is 0.394. The summed E-state index contributed by atoms with van der Waals surface area (Å²) in [7, 11) is 0. The van der Waals surface area contributed by atoms with E-state index < -0.39 is 0 Å². The summed E-state index contributed by atoms with van der Waals surface area (Å²) < 4.78 is 0. The van der Waals surface area contributed by atoms with Crippen LogP contribution >= 0.6 is 11.3 Å². The van der Waals surface area contributed by atoms with Crippen LogP contribution in [-0.2, 0) is 6.54 Å². The van der Waals surface area contributed by atoms with Crippen LogP contribution in [-0.4, -0.2) is 31.9 Å². The topological polar surface area (TPSA) is 63.8 Å². The predicted molar refractivity (Wildman–Crippen MR) is 48.2 cm³/mol. The molecule has 0 unspecified atom stereocenters. The second kappa shape index (κ2) is 3.63. The largest absolute Gasteiger partial charge is 0.394 e. The monoisotopic (exact) mass is 196 g/mol. The van der Waals surface area contributed by atoms with E-state index in [1.165, 1.54) is 4.80 Å². The zero-order valence-corrected chi connectivity index (χ0v) is 7.61. The molecule has 0 spiro atoms. The third-order valence-corrected chi connectivity index (χ3v) is 2.36. The van der Waals surface area contributed by atoms with Gasteiger partial charge in [-0.1, -0.05) is 6.07 Å². The molecule has 0 radical (unpaired) electrons. The number of hydrogen-bond donors (Lipinski definition) is 1. The molecule has 2 aromatic heterocycles. The Morgan fingerprint density at radius 3 is 3.15 bits per heavy atom. The van der Waals surface area contributed by atoms with Crippen LogP contribution in [0.2, 0.25) is 0 Å². The Bertz CT molecular complexity index is 370. The highest BCUT2D eigenvalue weighted by Crippen LogP contribution is 2.19. The van der Waals surface area contributed by atoms with Gasteiger partial charge in [-0.15, -0.1) is 21.5 Å². The quantitative estimate of drug-likeness (QED) is 0.771. The molecule has 2 rings (SSSR count). The first-order chi connectivity index (χ1) is 6.40. The Kier molecular flexibility index (Phi) is 2.33. The van der Waals surface area contributed by atoms with Crippen LogP contribution in [0.5, 0.6) is 0 Å². The fourth-order valence-corrected chi connectivity index (χ4v) is 1.58. The van der Waals surface area contributed by atoms with Crippen molar-refractivity contribution in [3.05, 3.63) is 17.5 Å². The third-order valence-electron chi connectivity index (χ3n) is 1.49. The summed E-state index contributed by atoms with van der Waals surface area (Å²) in [5, 5.41) is 22.3. The second-order valence-corrected chi connectivity index (χ2v) is 3.36. The van der Waals surface area contributed by atoms with E-state index >= 15 is 0 Å². The summed E-state index contributed by atoms with van der Waals surface area (Å²) in [5.74, 6) is 0.614. The maximum atomic E-state index is 8.63. The van der Waals surface area contributed by atoms with Gasteiger partial charge in [0.1, 0.15) is 0 Å². The lowest BCUT2D eigenvalue weighted by Crippen LogP contribution is -2.05. The molecule has 0 saturated heterocycles. The number of rotatable bonds is 3. The molecular weight excluding hydrogens is 188 g/mol. The van der Waals surface area contributed by atoms with Crippen LogP contribution in [0.25, 0.3) is 10.7 Å². The zero-order chi connectivity index (χ0) is 9.10. The van der Waals surface area contributed by atoms with E-state index in [9.17, 15) is 0 Å². The fraction of sp³-hybridized carbons (Fsp3) is 0.286. The van der Waals surface area contributed by atoms with Crippen LogP contribution in [0.15, 0.2) is 17.5 Å². The van der Waals surface area contributed by atoms with E-state index in [-0.39, 0.29) is 6.61 Å². The molecule has 0 aliphatic rings. The highest BCUT2D eigenvalue weighted by Gasteiger charge is 2.05. The van der Waals surface area contributed by atoms with E-state index in [1.54, 1.807) is 11.3 Å². The normalized spacial score (nSPS) is 10.5. The van der Waals surface area contributed by atoms with Crippen LogP contribution in [0, 0.1) is 0 Å². The van der Waals surface area contributed by atoms with Gasteiger partial charge in [-0.2, -0.15) is 4.80 Å². The van der Waals surface area contributed by atoms with Crippen molar-refractivity contribution in [2.75, 3.05) is 6.61 Å². The molecule has 0 saturated carbocycles. The molecule has 1 N–H and O–H groups in total. The Morgan fingerprint density at radius 2 is 2.46 bits per heavy atom. The molecule has 0 atom stereocenters. The van der Waals surface area contributed by atoms with Gasteiger partial charge in [0.2, 0.25) is 5.82 Å². The zero-order valence-electron chi connectivity index (χ0n) is 6.79. The highest BCUT2D eigenvalue weighted by molar-refractivity contribution is 7.13. The molecule has 5 nitrogen and oxygen atoms in total. The van der Waals surface area contributed by atoms with Crippen molar-refractivity contribution in [3.63, 3.8) is 0 Å². The van der Waals surface area contributed by atoms with Gasteiger partial charge in [0.05, 0.1) is 18.0 Å². The van der Waals surface area contributed by atoms with Crippen LogP contribution in [0.1, 0.15) is 0 Å². The SMILES string of the molecule is OCCn1nnc(-c2cccs2)n1. The van der Waals surface area contributed by atoms with E-state index in [1.807, 2.05) is 17.5 Å². The van der Waals surface area contributed by atoms with Crippen molar-refractivity contribution in [1.82, 2.24) is 20.2 Å². The Labute approximate surface area is 78.6 Å². The second-order valence-electron chi connectivity index (χ2n) is 2.41. The van der Waals surface area contributed by atoms with Crippen molar-refractivity contribution >= 4 is 11.3 Å². The minimum atomic E-state index is 0.0280. The summed E-state index contributed by atoms with van der Waals surface area (Å²) in [6.45, 7) is 0.415. The number of hydrogen-bond acceptors (Lipinski definition) is 5. The van der Waals surface area contributed by atoms with Gasteiger partial charge in [0.15, 0.2) is 0 Å². The van der Waals surface area contributed by atoms with Gasteiger partial charge >= 0.3 is 0 Å². The maximum absolute atomic E-state index is 8.63. The molecule has 68 valence electrons. The smallest absolute Gasteiger partial charge is 0.214 e. The first-order valence-corrected chi connectivity index (χ1v) is 4.70. The summed E-state index contributed by atoms with van der Waals surface area (Å²) in [4.78, 5) is 2.37. The molecule has 13 heavy (non-hydrogen) atoms. The van der Waals surface area contributed by atoms with Gasteiger partial charge < -0.3 is 5.11 Å². The number of aromatic nitrogens is 4. The van der Waals surface area contributed by atoms with Crippen molar-refractivity contribution in [1.29, 1.82) is 0 Å². The molecule has 0 aliphatic heterocycles. The van der Waals surface area contributed by atoms with E-state index in [0.29, 0.717) is 12.4 Å². The summed E-state index contributed by atoms with van der Waals surface area (Å²) in [5.41, 5.74) is 0. The molecule has 0 aromatic carbocycles. The number of aliphatic hydroxyl groups is 1. The van der Waals surface area contributed by atoms with Crippen LogP contribution in [0.3, 0.4) is 0 Å². The minimum Gasteiger partial charge on any atom is -0.394 e. The van der Waals surface area contributed by atoms with E-state index in [4.69, 9.17) is 5.11 Å². The lowest BCUT2D eigenvalue weighted by molar-refractivity contribution is 0.259. The van der Waals surface area contributed by atoms with Gasteiger partial charge in [-0.3, -0.25) is 0 Å². The number of nitrogens with zero attached hydrogens (tertiary/aromatic N) is 4. The minimum absolute atomic E-state index is 0.0280. The summed E-state index contributed by atoms with van der Waals surface area (Å²) in [6, 6.07) is 3.87. The molecule has 0 aliphatic carbocycles. The van der Waals surface area contributed by atoms with Gasteiger partial charge in [0.25, 0.3) is 0 Å². The molecule has 2 heterocycles. The molecular formula is C7H8N4OS. The first kappa shape index (κ1) is 8.33. The standard InChI is InChI=1S/C7H8N4OS/c12-4-3-11-9-7(8-10-11)6-2-1-5-13-6/h1-2,5,12H,3-4H2. The van der Waals surface area contributed by atoms with Gasteiger partial charge in [0, 0.05) is 0 Å². The molecule has 2 aromatic rings. The lowest BCUT2D eigenvalue weighted by atomic mass is 10.5. The number of aliphatic hydroxyl groups excluding tert-OH is 1. The Balaban J connectivity index is 2.23. The highest BCUT2D eigenvalue weighted by atomic mass is 32.1. The lowest BCUT2D eigenvalue weighted by Gasteiger charge is -1.90. The Morgan fingerprint density at radius 1 is 1.54 bits per heavy atom. The average molecular weight is 196 g/mol. The van der Waals surface area contributed by atoms with E-state index in [2.05, 4.69) is 15.4 Å². The molecule has 0 amide bonds. The number of tetrazole rings is 1. The van der Waals surface area contributed by atoms with Gasteiger partial charge in [-0.25, -0.2) is 0 Å². The average Bonchev–Trinajstić information content (AvgIpc) is 2.70. The van der Waals surface area contributed by atoms with Crippen molar-refractivity contribution in [2.24, 2.45) is 0 Å². The molecule has 0 bridgehead atoms. The summed E-state index contributed by atoms with van der Waals surface area (Å²) in [6.07, 6.45) is 0. The van der Waals surface area contributed by atoms with Crippen LogP contribution in [0.4, 0.5) is 0 Å². The van der Waals surface area contributed by atoms with Crippen molar-refractivity contribution in [3.8, 4) is 10.7 Å². The fourth-order valence-electron chi connectivity index (χ4n) is 0.932. The summed E-state index contributed by atoms with van der Waals surface area (Å²) >= 11 is 1.57. The Hall–Kier alpha value is -1.27. The van der Waals surface area contributed by atoms with Gasteiger partial charge in [-0.05, 0) is 16.7 Å². The van der Waals surface area contributed by atoms with Crippen LogP contribution < -0.4 is 0 Å². The number of thiophene rings is 1. The van der Waals surface area contributed by atoms with Crippen molar-refractivity contribution < 1.29 is 5.11 Å². The first-order valence-electron chi connectivity index (χ1n) is 3.82. The molecule has 0 fully saturated rings. The molecule has 6 heteroatoms. The van der Waals surface area contributed by atoms with E-state index in [0.717, 1.165) is 4.88 Å². The maximum Gasteiger partial charge on any atom is 0.214 e.